The third-order valence-electron chi connectivity index (χ3n) is 4.37. The van der Waals surface area contributed by atoms with Gasteiger partial charge in [-0.05, 0) is 50.3 Å². The summed E-state index contributed by atoms with van der Waals surface area (Å²) < 4.78 is 0. The molecular weight excluding hydrogens is 232 g/mol. The first kappa shape index (κ1) is 14.5. The fourth-order valence-electron chi connectivity index (χ4n) is 2.50. The van der Waals surface area contributed by atoms with Gasteiger partial charge >= 0.3 is 0 Å². The minimum Gasteiger partial charge on any atom is -0.311 e. The maximum absolute atomic E-state index is 3.59. The second-order valence-corrected chi connectivity index (χ2v) is 5.89. The van der Waals surface area contributed by atoms with Crippen molar-refractivity contribution in [1.82, 2.24) is 10.2 Å². The Labute approximate surface area is 118 Å². The average Bonchev–Trinajstić information content (AvgIpc) is 3.27. The fraction of sp³-hybridized carbons (Fsp3) is 0.647. The summed E-state index contributed by atoms with van der Waals surface area (Å²) in [4.78, 5) is 2.43. The number of nitrogens with zero attached hydrogens (tertiary/aromatic N) is 1. The lowest BCUT2D eigenvalue weighted by atomic mass is 10.0. The lowest BCUT2D eigenvalue weighted by molar-refractivity contribution is 0.251. The van der Waals surface area contributed by atoms with Crippen molar-refractivity contribution >= 4 is 0 Å². The van der Waals surface area contributed by atoms with Gasteiger partial charge in [-0.15, -0.1) is 0 Å². The van der Waals surface area contributed by atoms with Crippen LogP contribution in [0.3, 0.4) is 0 Å². The highest BCUT2D eigenvalue weighted by Gasteiger charge is 2.25. The van der Waals surface area contributed by atoms with Crippen LogP contribution in [0.1, 0.15) is 50.2 Å². The Morgan fingerprint density at radius 3 is 2.74 bits per heavy atom. The van der Waals surface area contributed by atoms with E-state index in [1.807, 2.05) is 0 Å². The van der Waals surface area contributed by atoms with E-state index in [9.17, 15) is 0 Å². The smallest absolute Gasteiger partial charge is 0.0208 e. The molecule has 0 heterocycles. The maximum Gasteiger partial charge on any atom is 0.0208 e. The summed E-state index contributed by atoms with van der Waals surface area (Å²) in [5.74, 6) is 0.848. The minimum absolute atomic E-state index is 0.681. The van der Waals surface area contributed by atoms with Crippen LogP contribution < -0.4 is 5.32 Å². The van der Waals surface area contributed by atoms with Crippen molar-refractivity contribution in [2.75, 3.05) is 20.1 Å². The predicted octanol–water partition coefficient (Wildman–Crippen LogP) is 3.38. The molecule has 1 aliphatic carbocycles. The average molecular weight is 260 g/mol. The van der Waals surface area contributed by atoms with Gasteiger partial charge in [0.2, 0.25) is 0 Å². The number of likely N-dealkylation sites (N-methyl/N-ethyl adjacent to an activating group) is 1. The molecule has 1 aliphatic rings. The molecule has 1 aromatic rings. The van der Waals surface area contributed by atoms with Crippen molar-refractivity contribution in [2.45, 2.75) is 51.6 Å². The molecule has 1 unspecified atom stereocenters. The summed E-state index contributed by atoms with van der Waals surface area (Å²) in [6, 6.07) is 9.60. The van der Waals surface area contributed by atoms with Crippen molar-refractivity contribution in [3.05, 3.63) is 35.4 Å². The zero-order chi connectivity index (χ0) is 13.7. The summed E-state index contributed by atoms with van der Waals surface area (Å²) in [7, 11) is 2.22. The van der Waals surface area contributed by atoms with E-state index in [1.165, 1.54) is 24.8 Å². The van der Waals surface area contributed by atoms with Crippen molar-refractivity contribution in [2.24, 2.45) is 0 Å². The molecule has 0 aliphatic heterocycles. The van der Waals surface area contributed by atoms with Gasteiger partial charge in [-0.25, -0.2) is 0 Å². The van der Waals surface area contributed by atoms with Gasteiger partial charge in [0.05, 0.1) is 0 Å². The zero-order valence-electron chi connectivity index (χ0n) is 12.7. The molecule has 0 aromatic heterocycles. The standard InChI is InChI=1S/C17H28N2/c1-4-14(2)19(3)12-11-18-13-16-7-5-6-8-17(16)15-9-10-15/h5-8,14-15,18H,4,9-13H2,1-3H3. The molecule has 2 nitrogen and oxygen atoms in total. The van der Waals surface area contributed by atoms with Crippen LogP contribution in [0.15, 0.2) is 24.3 Å². The Morgan fingerprint density at radius 2 is 2.05 bits per heavy atom. The highest BCUT2D eigenvalue weighted by Crippen LogP contribution is 2.41. The lowest BCUT2D eigenvalue weighted by Gasteiger charge is -2.23. The quantitative estimate of drug-likeness (QED) is 0.721. The molecule has 0 radical (unpaired) electrons. The normalized spacial score (nSPS) is 16.8. The molecular formula is C17H28N2. The molecule has 0 saturated heterocycles. The van der Waals surface area contributed by atoms with Crippen LogP contribution >= 0.6 is 0 Å². The second kappa shape index (κ2) is 7.06. The van der Waals surface area contributed by atoms with Gasteiger partial charge in [-0.1, -0.05) is 31.2 Å². The molecule has 106 valence electrons. The number of hydrogen-bond donors (Lipinski definition) is 1. The molecule has 1 saturated carbocycles. The Hall–Kier alpha value is -0.860. The summed E-state index contributed by atoms with van der Waals surface area (Å²) in [6.07, 6.45) is 3.99. The molecule has 2 heteroatoms. The van der Waals surface area contributed by atoms with E-state index >= 15 is 0 Å². The molecule has 19 heavy (non-hydrogen) atoms. The highest BCUT2D eigenvalue weighted by atomic mass is 15.1. The molecule has 1 N–H and O–H groups in total. The van der Waals surface area contributed by atoms with Gasteiger partial charge in [-0.3, -0.25) is 0 Å². The Morgan fingerprint density at radius 1 is 1.32 bits per heavy atom. The Balaban J connectivity index is 1.74. The number of nitrogens with one attached hydrogen (secondary N) is 1. The Kier molecular flexibility index (Phi) is 5.41. The predicted molar refractivity (Wildman–Crippen MR) is 82.5 cm³/mol. The maximum atomic E-state index is 3.59. The van der Waals surface area contributed by atoms with E-state index in [0.717, 1.165) is 25.6 Å². The van der Waals surface area contributed by atoms with Crippen LogP contribution in [0.2, 0.25) is 0 Å². The van der Waals surface area contributed by atoms with Gasteiger partial charge in [0, 0.05) is 25.7 Å². The fourth-order valence-corrected chi connectivity index (χ4v) is 2.50. The van der Waals surface area contributed by atoms with Crippen LogP contribution in [-0.4, -0.2) is 31.1 Å². The summed E-state index contributed by atoms with van der Waals surface area (Å²) in [5, 5.41) is 3.59. The lowest BCUT2D eigenvalue weighted by Crippen LogP contribution is -2.34. The minimum atomic E-state index is 0.681. The van der Waals surface area contributed by atoms with Crippen molar-refractivity contribution < 1.29 is 0 Å². The van der Waals surface area contributed by atoms with Gasteiger partial charge in [-0.2, -0.15) is 0 Å². The van der Waals surface area contributed by atoms with Crippen molar-refractivity contribution in [3.8, 4) is 0 Å². The molecule has 1 atom stereocenters. The topological polar surface area (TPSA) is 15.3 Å². The molecule has 1 fully saturated rings. The van der Waals surface area contributed by atoms with Crippen LogP contribution in [0.25, 0.3) is 0 Å². The van der Waals surface area contributed by atoms with Crippen molar-refractivity contribution in [1.29, 1.82) is 0 Å². The second-order valence-electron chi connectivity index (χ2n) is 5.89. The molecule has 0 amide bonds. The highest BCUT2D eigenvalue weighted by molar-refractivity contribution is 5.33. The van der Waals surface area contributed by atoms with Crippen LogP contribution in [0, 0.1) is 0 Å². The van der Waals surface area contributed by atoms with E-state index in [0.29, 0.717) is 6.04 Å². The first-order chi connectivity index (χ1) is 9.22. The number of hydrogen-bond acceptors (Lipinski definition) is 2. The first-order valence-corrected chi connectivity index (χ1v) is 7.71. The zero-order valence-corrected chi connectivity index (χ0v) is 12.7. The monoisotopic (exact) mass is 260 g/mol. The largest absolute Gasteiger partial charge is 0.311 e. The first-order valence-electron chi connectivity index (χ1n) is 7.71. The van der Waals surface area contributed by atoms with Gasteiger partial charge in [0.15, 0.2) is 0 Å². The van der Waals surface area contributed by atoms with E-state index in [-0.39, 0.29) is 0 Å². The third kappa shape index (κ3) is 4.32. The number of rotatable bonds is 8. The summed E-state index contributed by atoms with van der Waals surface area (Å²) in [5.41, 5.74) is 3.07. The summed E-state index contributed by atoms with van der Waals surface area (Å²) in [6.45, 7) is 7.75. The van der Waals surface area contributed by atoms with Gasteiger partial charge in [0.1, 0.15) is 0 Å². The van der Waals surface area contributed by atoms with Gasteiger partial charge < -0.3 is 10.2 Å². The van der Waals surface area contributed by atoms with E-state index in [1.54, 1.807) is 5.56 Å². The van der Waals surface area contributed by atoms with Gasteiger partial charge in [0.25, 0.3) is 0 Å². The van der Waals surface area contributed by atoms with Crippen LogP contribution in [0.5, 0.6) is 0 Å². The van der Waals surface area contributed by atoms with Crippen LogP contribution in [-0.2, 0) is 6.54 Å². The molecule has 0 bridgehead atoms. The van der Waals surface area contributed by atoms with E-state index < -0.39 is 0 Å². The molecule has 2 rings (SSSR count). The van der Waals surface area contributed by atoms with E-state index in [4.69, 9.17) is 0 Å². The third-order valence-corrected chi connectivity index (χ3v) is 4.37. The molecule has 0 spiro atoms. The SMILES string of the molecule is CCC(C)N(C)CCNCc1ccccc1C1CC1. The molecule has 1 aromatic carbocycles. The van der Waals surface area contributed by atoms with E-state index in [2.05, 4.69) is 55.4 Å². The summed E-state index contributed by atoms with van der Waals surface area (Å²) >= 11 is 0. The Bertz CT molecular complexity index is 385. The van der Waals surface area contributed by atoms with Crippen LogP contribution in [0.4, 0.5) is 0 Å². The number of benzene rings is 1. The van der Waals surface area contributed by atoms with Crippen molar-refractivity contribution in [3.63, 3.8) is 0 Å².